The Labute approximate surface area is 116 Å². The maximum Gasteiger partial charge on any atom is 0.320 e. The van der Waals surface area contributed by atoms with Crippen molar-refractivity contribution in [2.24, 2.45) is 0 Å². The van der Waals surface area contributed by atoms with Crippen LogP contribution in [0.25, 0.3) is 0 Å². The number of anilines is 2. The molecule has 3 N–H and O–H groups in total. The highest BCUT2D eigenvalue weighted by atomic mass is 35.5. The molecule has 0 aromatic heterocycles. The summed E-state index contributed by atoms with van der Waals surface area (Å²) in [5.74, 6) is -0.295. The first-order valence-electron chi connectivity index (χ1n) is 5.82. The summed E-state index contributed by atoms with van der Waals surface area (Å²) in [6, 6.07) is 4.70. The van der Waals surface area contributed by atoms with Gasteiger partial charge >= 0.3 is 6.03 Å². The molecule has 102 valence electrons. The molecule has 1 aliphatic rings. The molecule has 0 saturated carbocycles. The number of nitrogen functional groups attached to an aromatic ring is 1. The first-order valence-corrected chi connectivity index (χ1v) is 6.20. The zero-order valence-electron chi connectivity index (χ0n) is 10.5. The number of hydrogen-bond donors (Lipinski definition) is 2. The molecule has 1 aromatic rings. The zero-order valence-corrected chi connectivity index (χ0v) is 11.3. The molecule has 0 atom stereocenters. The number of hydrogen-bond acceptors (Lipinski definition) is 3. The van der Waals surface area contributed by atoms with Crippen LogP contribution < -0.4 is 11.1 Å². The molecule has 3 amide bonds. The van der Waals surface area contributed by atoms with E-state index in [1.54, 1.807) is 30.1 Å². The van der Waals surface area contributed by atoms with Crippen LogP contribution in [0.5, 0.6) is 0 Å². The first kappa shape index (κ1) is 13.5. The Morgan fingerprint density at radius 3 is 2.84 bits per heavy atom. The van der Waals surface area contributed by atoms with Gasteiger partial charge in [-0.25, -0.2) is 4.79 Å². The lowest BCUT2D eigenvalue weighted by molar-refractivity contribution is -0.116. The molecule has 0 bridgehead atoms. The van der Waals surface area contributed by atoms with Gasteiger partial charge in [0.25, 0.3) is 0 Å². The van der Waals surface area contributed by atoms with Crippen molar-refractivity contribution < 1.29 is 9.59 Å². The number of nitrogens with zero attached hydrogens (tertiary/aromatic N) is 2. The molecule has 1 aromatic carbocycles. The minimum atomic E-state index is -0.295. The van der Waals surface area contributed by atoms with Crippen molar-refractivity contribution in [1.82, 2.24) is 9.80 Å². The number of benzene rings is 1. The number of amides is 3. The maximum absolute atomic E-state index is 11.9. The van der Waals surface area contributed by atoms with Gasteiger partial charge in [0.15, 0.2) is 0 Å². The second-order valence-electron chi connectivity index (χ2n) is 4.41. The summed E-state index contributed by atoms with van der Waals surface area (Å²) in [5.41, 5.74) is 6.59. The lowest BCUT2D eigenvalue weighted by atomic mass is 10.3. The first-order chi connectivity index (χ1) is 8.97. The third-order valence-corrected chi connectivity index (χ3v) is 3.23. The van der Waals surface area contributed by atoms with E-state index in [9.17, 15) is 9.59 Å². The van der Waals surface area contributed by atoms with Gasteiger partial charge in [-0.1, -0.05) is 11.6 Å². The largest absolute Gasteiger partial charge is 0.399 e. The quantitative estimate of drug-likeness (QED) is 0.819. The molecule has 1 fully saturated rings. The fraction of sp³-hybridized carbons (Fsp3) is 0.333. The van der Waals surface area contributed by atoms with E-state index in [0.29, 0.717) is 29.5 Å². The van der Waals surface area contributed by atoms with Crippen LogP contribution in [0.15, 0.2) is 18.2 Å². The van der Waals surface area contributed by atoms with Gasteiger partial charge in [-0.05, 0) is 18.2 Å². The average Bonchev–Trinajstić information content (AvgIpc) is 2.66. The molecule has 6 nitrogen and oxygen atoms in total. The van der Waals surface area contributed by atoms with Gasteiger partial charge in [0, 0.05) is 25.8 Å². The van der Waals surface area contributed by atoms with Crippen LogP contribution in [0.2, 0.25) is 5.02 Å². The standard InChI is InChI=1S/C12H15ClN4O2/c1-16-4-5-17(12(16)19)7-11(18)15-10-6-8(14)2-3-9(10)13/h2-3,6H,4-5,7,14H2,1H3,(H,15,18). The van der Waals surface area contributed by atoms with E-state index in [0.717, 1.165) is 0 Å². The number of halogens is 1. The third kappa shape index (κ3) is 3.08. The van der Waals surface area contributed by atoms with E-state index in [-0.39, 0.29) is 18.5 Å². The minimum Gasteiger partial charge on any atom is -0.399 e. The van der Waals surface area contributed by atoms with Crippen molar-refractivity contribution in [3.05, 3.63) is 23.2 Å². The molecule has 1 saturated heterocycles. The lowest BCUT2D eigenvalue weighted by Gasteiger charge is -2.16. The summed E-state index contributed by atoms with van der Waals surface area (Å²) in [7, 11) is 1.70. The second-order valence-corrected chi connectivity index (χ2v) is 4.82. The van der Waals surface area contributed by atoms with Crippen LogP contribution in [0.3, 0.4) is 0 Å². The predicted molar refractivity (Wildman–Crippen MR) is 74.1 cm³/mol. The average molecular weight is 283 g/mol. The number of urea groups is 1. The maximum atomic E-state index is 11.9. The molecule has 0 unspecified atom stereocenters. The number of carbonyl (C=O) groups excluding carboxylic acids is 2. The second kappa shape index (κ2) is 5.36. The van der Waals surface area contributed by atoms with E-state index in [2.05, 4.69) is 5.32 Å². The van der Waals surface area contributed by atoms with Gasteiger partial charge in [-0.3, -0.25) is 4.79 Å². The number of rotatable bonds is 3. The Balaban J connectivity index is 1.98. The van der Waals surface area contributed by atoms with E-state index in [1.165, 1.54) is 4.90 Å². The predicted octanol–water partition coefficient (Wildman–Crippen LogP) is 1.23. The molecule has 1 aliphatic heterocycles. The molecule has 7 heteroatoms. The van der Waals surface area contributed by atoms with Gasteiger partial charge in [-0.2, -0.15) is 0 Å². The van der Waals surface area contributed by atoms with Gasteiger partial charge in [-0.15, -0.1) is 0 Å². The van der Waals surface area contributed by atoms with E-state index < -0.39 is 0 Å². The molecule has 0 spiro atoms. The fourth-order valence-electron chi connectivity index (χ4n) is 1.85. The van der Waals surface area contributed by atoms with Crippen LogP contribution in [0.1, 0.15) is 0 Å². The lowest BCUT2D eigenvalue weighted by Crippen LogP contribution is -2.36. The van der Waals surface area contributed by atoms with Crippen LogP contribution in [-0.4, -0.2) is 48.4 Å². The van der Waals surface area contributed by atoms with Crippen molar-refractivity contribution in [1.29, 1.82) is 0 Å². The summed E-state index contributed by atoms with van der Waals surface area (Å²) in [6.07, 6.45) is 0. The summed E-state index contributed by atoms with van der Waals surface area (Å²) >= 11 is 5.95. The van der Waals surface area contributed by atoms with E-state index in [4.69, 9.17) is 17.3 Å². The Bertz CT molecular complexity index is 520. The monoisotopic (exact) mass is 282 g/mol. The smallest absolute Gasteiger partial charge is 0.320 e. The van der Waals surface area contributed by atoms with Gasteiger partial charge in [0.1, 0.15) is 6.54 Å². The Morgan fingerprint density at radius 2 is 2.21 bits per heavy atom. The topological polar surface area (TPSA) is 78.7 Å². The molecule has 0 aliphatic carbocycles. The fourth-order valence-corrected chi connectivity index (χ4v) is 2.02. The Kier molecular flexibility index (Phi) is 3.80. The van der Waals surface area contributed by atoms with Crippen molar-refractivity contribution in [2.45, 2.75) is 0 Å². The summed E-state index contributed by atoms with van der Waals surface area (Å²) < 4.78 is 0. The highest BCUT2D eigenvalue weighted by Gasteiger charge is 2.26. The van der Waals surface area contributed by atoms with Gasteiger partial charge < -0.3 is 20.9 Å². The van der Waals surface area contributed by atoms with Crippen molar-refractivity contribution in [3.63, 3.8) is 0 Å². The molecule has 2 rings (SSSR count). The van der Waals surface area contributed by atoms with Crippen LogP contribution in [-0.2, 0) is 4.79 Å². The Hall–Kier alpha value is -1.95. The van der Waals surface area contributed by atoms with E-state index in [1.807, 2.05) is 0 Å². The molecule has 19 heavy (non-hydrogen) atoms. The highest BCUT2D eigenvalue weighted by Crippen LogP contribution is 2.24. The van der Waals surface area contributed by atoms with Gasteiger partial charge in [0.2, 0.25) is 5.91 Å². The molecular formula is C12H15ClN4O2. The zero-order chi connectivity index (χ0) is 14.0. The number of carbonyl (C=O) groups is 2. The number of likely N-dealkylation sites (N-methyl/N-ethyl adjacent to an activating group) is 1. The third-order valence-electron chi connectivity index (χ3n) is 2.90. The highest BCUT2D eigenvalue weighted by molar-refractivity contribution is 6.33. The summed E-state index contributed by atoms with van der Waals surface area (Å²) in [6.45, 7) is 1.19. The molecule has 1 heterocycles. The molecular weight excluding hydrogens is 268 g/mol. The molecule has 0 radical (unpaired) electrons. The summed E-state index contributed by atoms with van der Waals surface area (Å²) in [5, 5.41) is 3.06. The van der Waals surface area contributed by atoms with Crippen LogP contribution in [0.4, 0.5) is 16.2 Å². The van der Waals surface area contributed by atoms with Crippen molar-refractivity contribution >= 4 is 34.9 Å². The van der Waals surface area contributed by atoms with Crippen molar-refractivity contribution in [2.75, 3.05) is 37.7 Å². The SMILES string of the molecule is CN1CCN(CC(=O)Nc2cc(N)ccc2Cl)C1=O. The Morgan fingerprint density at radius 1 is 1.47 bits per heavy atom. The minimum absolute atomic E-state index is 0.00824. The van der Waals surface area contributed by atoms with Crippen LogP contribution >= 0.6 is 11.6 Å². The van der Waals surface area contributed by atoms with Crippen molar-refractivity contribution in [3.8, 4) is 0 Å². The number of nitrogens with two attached hydrogens (primary N) is 1. The van der Waals surface area contributed by atoms with Crippen LogP contribution in [0, 0.1) is 0 Å². The number of nitrogens with one attached hydrogen (secondary N) is 1. The summed E-state index contributed by atoms with van der Waals surface area (Å²) in [4.78, 5) is 26.6. The normalized spacial score (nSPS) is 14.9. The van der Waals surface area contributed by atoms with E-state index >= 15 is 0 Å². The van der Waals surface area contributed by atoms with Gasteiger partial charge in [0.05, 0.1) is 10.7 Å².